The Bertz CT molecular complexity index is 414. The van der Waals surface area contributed by atoms with Crippen molar-refractivity contribution in [3.63, 3.8) is 0 Å². The molecular weight excluding hydrogens is 238 g/mol. The Kier molecular flexibility index (Phi) is 4.29. The number of aromatic amines is 1. The third kappa shape index (κ3) is 2.69. The van der Waals surface area contributed by atoms with Crippen molar-refractivity contribution in [3.05, 3.63) is 17.0 Å². The third-order valence-electron chi connectivity index (χ3n) is 2.87. The van der Waals surface area contributed by atoms with E-state index in [-0.39, 0.29) is 12.5 Å². The number of amides is 1. The van der Waals surface area contributed by atoms with Crippen LogP contribution >= 0.6 is 0 Å². The van der Waals surface area contributed by atoms with Crippen molar-refractivity contribution in [1.29, 1.82) is 0 Å². The number of aromatic nitrogens is 2. The Balaban J connectivity index is 1.99. The first-order chi connectivity index (χ1) is 8.76. The van der Waals surface area contributed by atoms with E-state index < -0.39 is 6.29 Å². The van der Waals surface area contributed by atoms with E-state index in [0.717, 1.165) is 17.7 Å². The van der Waals surface area contributed by atoms with Crippen molar-refractivity contribution < 1.29 is 19.0 Å². The second-order valence-corrected chi connectivity index (χ2v) is 3.94. The summed E-state index contributed by atoms with van der Waals surface area (Å²) in [7, 11) is 3.04. The molecule has 2 heterocycles. The van der Waals surface area contributed by atoms with Crippen LogP contribution in [-0.2, 0) is 27.2 Å². The number of nitrogens with zero attached hydrogens (tertiary/aromatic N) is 1. The molecule has 0 aromatic carbocycles. The minimum atomic E-state index is -0.458. The number of hydrogen-bond acceptors (Lipinski definition) is 5. The second kappa shape index (κ2) is 5.94. The molecule has 0 spiro atoms. The fourth-order valence-corrected chi connectivity index (χ4v) is 1.82. The van der Waals surface area contributed by atoms with Gasteiger partial charge in [0.1, 0.15) is 0 Å². The number of H-pyrrole nitrogens is 1. The van der Waals surface area contributed by atoms with Crippen LogP contribution in [0.15, 0.2) is 0 Å². The van der Waals surface area contributed by atoms with Gasteiger partial charge in [-0.05, 0) is 0 Å². The summed E-state index contributed by atoms with van der Waals surface area (Å²) in [6, 6.07) is 0. The van der Waals surface area contributed by atoms with E-state index in [4.69, 9.17) is 14.2 Å². The molecule has 1 aromatic heterocycles. The molecule has 1 amide bonds. The smallest absolute Gasteiger partial charge is 0.272 e. The van der Waals surface area contributed by atoms with Gasteiger partial charge in [-0.3, -0.25) is 9.89 Å². The van der Waals surface area contributed by atoms with E-state index in [1.807, 2.05) is 0 Å². The highest BCUT2D eigenvalue weighted by Crippen LogP contribution is 2.17. The van der Waals surface area contributed by atoms with Crippen molar-refractivity contribution in [1.82, 2.24) is 15.5 Å². The molecule has 0 saturated heterocycles. The van der Waals surface area contributed by atoms with Crippen molar-refractivity contribution >= 4 is 5.91 Å². The fourth-order valence-electron chi connectivity index (χ4n) is 1.82. The molecule has 0 fully saturated rings. The molecule has 0 saturated carbocycles. The number of hydrogen-bond donors (Lipinski definition) is 2. The lowest BCUT2D eigenvalue weighted by Crippen LogP contribution is -2.34. The highest BCUT2D eigenvalue weighted by atomic mass is 16.7. The minimum absolute atomic E-state index is 0.253. The highest BCUT2D eigenvalue weighted by Gasteiger charge is 2.22. The molecule has 100 valence electrons. The summed E-state index contributed by atoms with van der Waals surface area (Å²) >= 11 is 0. The standard InChI is InChI=1S/C11H17N3O4/c1-16-9(17-2)5-12-11(15)10-7-6-18-4-3-8(7)13-14-10/h9H,3-6H2,1-2H3,(H,12,15)(H,13,14). The summed E-state index contributed by atoms with van der Waals surface area (Å²) in [5, 5.41) is 9.61. The van der Waals surface area contributed by atoms with Crippen LogP contribution in [-0.4, -0.2) is 49.8 Å². The van der Waals surface area contributed by atoms with E-state index in [2.05, 4.69) is 15.5 Å². The van der Waals surface area contributed by atoms with Crippen LogP contribution in [0.2, 0.25) is 0 Å². The van der Waals surface area contributed by atoms with Gasteiger partial charge in [-0.25, -0.2) is 0 Å². The normalized spacial score (nSPS) is 14.6. The van der Waals surface area contributed by atoms with Crippen LogP contribution in [0.5, 0.6) is 0 Å². The van der Waals surface area contributed by atoms with E-state index in [9.17, 15) is 4.79 Å². The monoisotopic (exact) mass is 255 g/mol. The Labute approximate surface area is 105 Å². The molecule has 1 aromatic rings. The lowest BCUT2D eigenvalue weighted by molar-refractivity contribution is -0.0974. The second-order valence-electron chi connectivity index (χ2n) is 3.94. The number of nitrogens with one attached hydrogen (secondary N) is 2. The van der Waals surface area contributed by atoms with Crippen molar-refractivity contribution in [2.24, 2.45) is 0 Å². The maximum Gasteiger partial charge on any atom is 0.272 e. The molecule has 0 radical (unpaired) electrons. The van der Waals surface area contributed by atoms with Gasteiger partial charge >= 0.3 is 0 Å². The van der Waals surface area contributed by atoms with Crippen LogP contribution in [0, 0.1) is 0 Å². The summed E-state index contributed by atoms with van der Waals surface area (Å²) in [6.07, 6.45) is 0.300. The molecule has 1 aliphatic rings. The number of fused-ring (bicyclic) bond motifs is 1. The first kappa shape index (κ1) is 13.0. The molecule has 0 unspecified atom stereocenters. The van der Waals surface area contributed by atoms with Gasteiger partial charge in [-0.2, -0.15) is 5.10 Å². The van der Waals surface area contributed by atoms with Crippen molar-refractivity contribution in [2.45, 2.75) is 19.3 Å². The van der Waals surface area contributed by atoms with Crippen LogP contribution in [0.25, 0.3) is 0 Å². The maximum atomic E-state index is 12.0. The van der Waals surface area contributed by atoms with Crippen LogP contribution in [0.1, 0.15) is 21.7 Å². The summed E-state index contributed by atoms with van der Waals surface area (Å²) in [6.45, 7) is 1.35. The number of ether oxygens (including phenoxy) is 3. The molecule has 0 aliphatic carbocycles. The number of rotatable bonds is 5. The molecule has 2 rings (SSSR count). The molecule has 1 aliphatic heterocycles. The SMILES string of the molecule is COC(CNC(=O)c1n[nH]c2c1COCC2)OC. The zero-order valence-corrected chi connectivity index (χ0v) is 10.5. The zero-order chi connectivity index (χ0) is 13.0. The number of methoxy groups -OCH3 is 2. The Morgan fingerprint density at radius 1 is 1.56 bits per heavy atom. The van der Waals surface area contributed by atoms with Gasteiger partial charge in [0.2, 0.25) is 0 Å². The average molecular weight is 255 g/mol. The maximum absolute atomic E-state index is 12.0. The Morgan fingerprint density at radius 3 is 3.06 bits per heavy atom. The molecular formula is C11H17N3O4. The first-order valence-corrected chi connectivity index (χ1v) is 5.74. The van der Waals surface area contributed by atoms with E-state index in [1.165, 1.54) is 14.2 Å². The van der Waals surface area contributed by atoms with Gasteiger partial charge in [0.15, 0.2) is 12.0 Å². The van der Waals surface area contributed by atoms with Gasteiger partial charge in [-0.15, -0.1) is 0 Å². The zero-order valence-electron chi connectivity index (χ0n) is 10.5. The van der Waals surface area contributed by atoms with Crippen LogP contribution < -0.4 is 5.32 Å². The van der Waals surface area contributed by atoms with Gasteiger partial charge < -0.3 is 19.5 Å². The molecule has 2 N–H and O–H groups in total. The largest absolute Gasteiger partial charge is 0.376 e. The van der Waals surface area contributed by atoms with Crippen LogP contribution in [0.3, 0.4) is 0 Å². The molecule has 0 atom stereocenters. The predicted molar refractivity (Wildman–Crippen MR) is 62.1 cm³/mol. The third-order valence-corrected chi connectivity index (χ3v) is 2.87. The summed E-state index contributed by atoms with van der Waals surface area (Å²) in [4.78, 5) is 12.0. The molecule has 7 heteroatoms. The Hall–Kier alpha value is -1.44. The number of carbonyl (C=O) groups excluding carboxylic acids is 1. The molecule has 0 bridgehead atoms. The average Bonchev–Trinajstić information content (AvgIpc) is 2.83. The van der Waals surface area contributed by atoms with Gasteiger partial charge in [0.05, 0.1) is 19.8 Å². The topological polar surface area (TPSA) is 85.5 Å². The summed E-state index contributed by atoms with van der Waals surface area (Å²) < 4.78 is 15.3. The van der Waals surface area contributed by atoms with Crippen LogP contribution in [0.4, 0.5) is 0 Å². The highest BCUT2D eigenvalue weighted by molar-refractivity contribution is 5.93. The lowest BCUT2D eigenvalue weighted by atomic mass is 10.1. The lowest BCUT2D eigenvalue weighted by Gasteiger charge is -2.15. The van der Waals surface area contributed by atoms with E-state index >= 15 is 0 Å². The van der Waals surface area contributed by atoms with Gasteiger partial charge in [0.25, 0.3) is 5.91 Å². The minimum Gasteiger partial charge on any atom is -0.376 e. The van der Waals surface area contributed by atoms with Crippen molar-refractivity contribution in [2.75, 3.05) is 27.4 Å². The van der Waals surface area contributed by atoms with Crippen molar-refractivity contribution in [3.8, 4) is 0 Å². The summed E-state index contributed by atoms with van der Waals surface area (Å²) in [5.74, 6) is -0.253. The Morgan fingerprint density at radius 2 is 2.33 bits per heavy atom. The first-order valence-electron chi connectivity index (χ1n) is 5.74. The fraction of sp³-hybridized carbons (Fsp3) is 0.636. The van der Waals surface area contributed by atoms with Gasteiger partial charge in [-0.1, -0.05) is 0 Å². The van der Waals surface area contributed by atoms with E-state index in [1.54, 1.807) is 0 Å². The summed E-state index contributed by atoms with van der Waals surface area (Å²) in [5.41, 5.74) is 2.20. The quantitative estimate of drug-likeness (QED) is 0.714. The molecule has 7 nitrogen and oxygen atoms in total. The predicted octanol–water partition coefficient (Wildman–Crippen LogP) is -0.169. The van der Waals surface area contributed by atoms with Gasteiger partial charge in [0, 0.05) is 31.9 Å². The molecule has 18 heavy (non-hydrogen) atoms. The van der Waals surface area contributed by atoms with E-state index in [0.29, 0.717) is 18.9 Å². The number of carbonyl (C=O) groups is 1.